The maximum absolute atomic E-state index is 12.1. The Morgan fingerprint density at radius 2 is 2.05 bits per heavy atom. The zero-order chi connectivity index (χ0) is 16.5. The van der Waals surface area contributed by atoms with Crippen molar-refractivity contribution in [3.05, 3.63) is 39.4 Å². The summed E-state index contributed by atoms with van der Waals surface area (Å²) in [7, 11) is 0. The average Bonchev–Trinajstić information content (AvgIpc) is 3.25. The van der Waals surface area contributed by atoms with Gasteiger partial charge in [0.05, 0.1) is 10.3 Å². The van der Waals surface area contributed by atoms with E-state index in [2.05, 4.69) is 5.32 Å². The number of carboxylic acids is 1. The van der Waals surface area contributed by atoms with Crippen LogP contribution in [-0.2, 0) is 4.79 Å². The standard InChI is InChI=1S/C15H18N2O5/c1-9(2)11-4-3-10(7-12(11)17(21)22)13(18)16-8-15(5-6-15)14(19)20/h3-4,7,9H,5-6,8H2,1-2H3,(H,16,18)(H,19,20). The van der Waals surface area contributed by atoms with Gasteiger partial charge in [-0.3, -0.25) is 19.7 Å². The monoisotopic (exact) mass is 306 g/mol. The van der Waals surface area contributed by atoms with E-state index in [1.165, 1.54) is 12.1 Å². The van der Waals surface area contributed by atoms with Crippen molar-refractivity contribution in [3.8, 4) is 0 Å². The smallest absolute Gasteiger partial charge is 0.311 e. The van der Waals surface area contributed by atoms with Gasteiger partial charge in [0.15, 0.2) is 0 Å². The Kier molecular flexibility index (Phi) is 4.16. The lowest BCUT2D eigenvalue weighted by molar-refractivity contribution is -0.385. The largest absolute Gasteiger partial charge is 0.481 e. The molecule has 0 aromatic heterocycles. The third-order valence-corrected chi connectivity index (χ3v) is 4.01. The average molecular weight is 306 g/mol. The van der Waals surface area contributed by atoms with E-state index in [1.807, 2.05) is 13.8 Å². The van der Waals surface area contributed by atoms with Crippen LogP contribution in [0.3, 0.4) is 0 Å². The summed E-state index contributed by atoms with van der Waals surface area (Å²) in [6.45, 7) is 3.72. The van der Waals surface area contributed by atoms with Crippen molar-refractivity contribution in [1.29, 1.82) is 0 Å². The summed E-state index contributed by atoms with van der Waals surface area (Å²) in [6.07, 6.45) is 1.07. The molecule has 1 fully saturated rings. The molecule has 2 rings (SSSR count). The van der Waals surface area contributed by atoms with Crippen LogP contribution in [0.25, 0.3) is 0 Å². The molecule has 0 aliphatic heterocycles. The molecule has 1 aromatic carbocycles. The molecule has 0 bridgehead atoms. The Hall–Kier alpha value is -2.44. The molecular weight excluding hydrogens is 288 g/mol. The van der Waals surface area contributed by atoms with E-state index in [-0.39, 0.29) is 23.7 Å². The second kappa shape index (κ2) is 5.75. The van der Waals surface area contributed by atoms with E-state index in [1.54, 1.807) is 6.07 Å². The lowest BCUT2D eigenvalue weighted by atomic mass is 9.99. The number of carbonyl (C=O) groups excluding carboxylic acids is 1. The van der Waals surface area contributed by atoms with Crippen molar-refractivity contribution in [2.75, 3.05) is 6.54 Å². The quantitative estimate of drug-likeness (QED) is 0.619. The third kappa shape index (κ3) is 3.08. The number of nitrogens with zero attached hydrogens (tertiary/aromatic N) is 1. The predicted octanol–water partition coefficient (Wildman–Crippen LogP) is 2.31. The Morgan fingerprint density at radius 3 is 2.50 bits per heavy atom. The Labute approximate surface area is 127 Å². The number of carbonyl (C=O) groups is 2. The van der Waals surface area contributed by atoms with Gasteiger partial charge in [-0.15, -0.1) is 0 Å². The van der Waals surface area contributed by atoms with Crippen molar-refractivity contribution in [2.45, 2.75) is 32.6 Å². The van der Waals surface area contributed by atoms with Gasteiger partial charge in [-0.05, 0) is 24.8 Å². The van der Waals surface area contributed by atoms with Gasteiger partial charge in [0.2, 0.25) is 0 Å². The summed E-state index contributed by atoms with van der Waals surface area (Å²) in [6, 6.07) is 4.34. The highest BCUT2D eigenvalue weighted by atomic mass is 16.6. The number of amides is 1. The molecule has 0 spiro atoms. The number of nitro benzene ring substituents is 1. The number of hydrogen-bond donors (Lipinski definition) is 2. The van der Waals surface area contributed by atoms with E-state index >= 15 is 0 Å². The van der Waals surface area contributed by atoms with Crippen LogP contribution in [0.5, 0.6) is 0 Å². The van der Waals surface area contributed by atoms with Gasteiger partial charge in [0, 0.05) is 23.7 Å². The summed E-state index contributed by atoms with van der Waals surface area (Å²) < 4.78 is 0. The Bertz CT molecular complexity index is 635. The number of nitrogens with one attached hydrogen (secondary N) is 1. The molecule has 118 valence electrons. The topological polar surface area (TPSA) is 110 Å². The SMILES string of the molecule is CC(C)c1ccc(C(=O)NCC2(C(=O)O)CC2)cc1[N+](=O)[O-]. The highest BCUT2D eigenvalue weighted by molar-refractivity contribution is 5.95. The minimum atomic E-state index is -0.922. The molecule has 1 aliphatic rings. The minimum Gasteiger partial charge on any atom is -0.481 e. The van der Waals surface area contributed by atoms with E-state index in [4.69, 9.17) is 5.11 Å². The zero-order valence-corrected chi connectivity index (χ0v) is 12.5. The summed E-state index contributed by atoms with van der Waals surface area (Å²) >= 11 is 0. The molecule has 0 radical (unpaired) electrons. The summed E-state index contributed by atoms with van der Waals surface area (Å²) in [5.41, 5.74) is -0.232. The molecule has 0 heterocycles. The lowest BCUT2D eigenvalue weighted by Crippen LogP contribution is -2.34. The minimum absolute atomic E-state index is 0.0285. The second-order valence-electron chi connectivity index (χ2n) is 5.95. The first kappa shape index (κ1) is 15.9. The molecule has 1 aromatic rings. The van der Waals surface area contributed by atoms with E-state index < -0.39 is 22.2 Å². The van der Waals surface area contributed by atoms with Crippen LogP contribution >= 0.6 is 0 Å². The summed E-state index contributed by atoms with van der Waals surface area (Å²) in [5.74, 6) is -1.45. The molecular formula is C15H18N2O5. The number of rotatable bonds is 6. The van der Waals surface area contributed by atoms with Gasteiger partial charge in [-0.1, -0.05) is 19.9 Å². The van der Waals surface area contributed by atoms with E-state index in [0.717, 1.165) is 0 Å². The number of carboxylic acid groups (broad SMARTS) is 1. The van der Waals surface area contributed by atoms with Crippen molar-refractivity contribution in [3.63, 3.8) is 0 Å². The fraction of sp³-hybridized carbons (Fsp3) is 0.467. The molecule has 0 unspecified atom stereocenters. The van der Waals surface area contributed by atoms with E-state index in [0.29, 0.717) is 18.4 Å². The fourth-order valence-corrected chi connectivity index (χ4v) is 2.30. The van der Waals surface area contributed by atoms with Crippen molar-refractivity contribution in [2.24, 2.45) is 5.41 Å². The van der Waals surface area contributed by atoms with Gasteiger partial charge in [0.25, 0.3) is 11.6 Å². The molecule has 1 aliphatic carbocycles. The molecule has 0 atom stereocenters. The van der Waals surface area contributed by atoms with Gasteiger partial charge < -0.3 is 10.4 Å². The van der Waals surface area contributed by atoms with Gasteiger partial charge in [0.1, 0.15) is 0 Å². The van der Waals surface area contributed by atoms with Crippen LogP contribution in [0, 0.1) is 15.5 Å². The lowest BCUT2D eigenvalue weighted by Gasteiger charge is -2.12. The van der Waals surface area contributed by atoms with Gasteiger partial charge in [-0.2, -0.15) is 0 Å². The van der Waals surface area contributed by atoms with Crippen LogP contribution in [-0.4, -0.2) is 28.5 Å². The van der Waals surface area contributed by atoms with Crippen molar-refractivity contribution in [1.82, 2.24) is 5.32 Å². The van der Waals surface area contributed by atoms with Crippen LogP contribution in [0.1, 0.15) is 48.5 Å². The fourth-order valence-electron chi connectivity index (χ4n) is 2.30. The number of benzene rings is 1. The number of aliphatic carboxylic acids is 1. The maximum atomic E-state index is 12.1. The molecule has 1 amide bonds. The van der Waals surface area contributed by atoms with E-state index in [9.17, 15) is 19.7 Å². The first-order valence-corrected chi connectivity index (χ1v) is 7.07. The molecule has 22 heavy (non-hydrogen) atoms. The van der Waals surface area contributed by atoms with Crippen molar-refractivity contribution < 1.29 is 19.6 Å². The molecule has 2 N–H and O–H groups in total. The number of nitro groups is 1. The van der Waals surface area contributed by atoms with Crippen LogP contribution in [0.15, 0.2) is 18.2 Å². The van der Waals surface area contributed by atoms with Crippen molar-refractivity contribution >= 4 is 17.6 Å². The van der Waals surface area contributed by atoms with Crippen LogP contribution in [0.4, 0.5) is 5.69 Å². The Morgan fingerprint density at radius 1 is 1.41 bits per heavy atom. The summed E-state index contributed by atoms with van der Waals surface area (Å²) in [4.78, 5) is 33.7. The Balaban J connectivity index is 2.15. The second-order valence-corrected chi connectivity index (χ2v) is 5.95. The normalized spacial score (nSPS) is 15.4. The number of hydrogen-bond acceptors (Lipinski definition) is 4. The van der Waals surface area contributed by atoms with Crippen LogP contribution in [0.2, 0.25) is 0 Å². The third-order valence-electron chi connectivity index (χ3n) is 4.01. The molecule has 7 nitrogen and oxygen atoms in total. The molecule has 0 saturated heterocycles. The summed E-state index contributed by atoms with van der Waals surface area (Å²) in [5, 5.41) is 22.7. The van der Waals surface area contributed by atoms with Crippen LogP contribution < -0.4 is 5.32 Å². The first-order valence-electron chi connectivity index (χ1n) is 7.07. The predicted molar refractivity (Wildman–Crippen MR) is 78.8 cm³/mol. The highest BCUT2D eigenvalue weighted by Crippen LogP contribution is 2.45. The van der Waals surface area contributed by atoms with Gasteiger partial charge >= 0.3 is 5.97 Å². The zero-order valence-electron chi connectivity index (χ0n) is 12.5. The molecule has 1 saturated carbocycles. The van der Waals surface area contributed by atoms with Gasteiger partial charge in [-0.25, -0.2) is 0 Å². The highest BCUT2D eigenvalue weighted by Gasteiger charge is 2.50. The maximum Gasteiger partial charge on any atom is 0.311 e. The molecule has 7 heteroatoms. The first-order chi connectivity index (χ1) is 10.3.